The van der Waals surface area contributed by atoms with Crippen molar-refractivity contribution in [2.24, 2.45) is 5.92 Å². The predicted molar refractivity (Wildman–Crippen MR) is 54.2 cm³/mol. The zero-order chi connectivity index (χ0) is 12.3. The van der Waals surface area contributed by atoms with Crippen molar-refractivity contribution in [3.8, 4) is 0 Å². The Morgan fingerprint density at radius 3 is 1.81 bits per heavy atom. The molecule has 0 bridgehead atoms. The zero-order valence-electron chi connectivity index (χ0n) is 9.22. The molecular weight excluding hydrogens is 214 g/mol. The maximum absolute atomic E-state index is 11.7. The summed E-state index contributed by atoms with van der Waals surface area (Å²) < 4.78 is 0. The molecule has 0 aromatic heterocycles. The number of likely N-dealkylation sites (tertiary alicyclic amines) is 1. The average molecular weight is 231 g/mol. The topological polar surface area (TPSA) is 98.1 Å². The number of nitrogens with zero attached hydrogens (tertiary/aromatic N) is 1. The highest BCUT2D eigenvalue weighted by atomic mass is 16.3. The van der Waals surface area contributed by atoms with Gasteiger partial charge in [0.1, 0.15) is 5.54 Å². The first-order chi connectivity index (χ1) is 7.50. The first kappa shape index (κ1) is 13.1. The van der Waals surface area contributed by atoms with E-state index >= 15 is 0 Å². The minimum atomic E-state index is -1.58. The van der Waals surface area contributed by atoms with E-state index in [1.54, 1.807) is 6.92 Å². The van der Waals surface area contributed by atoms with E-state index in [4.69, 9.17) is 15.3 Å². The number of piperidine rings is 1. The molecule has 1 heterocycles. The molecule has 16 heavy (non-hydrogen) atoms. The van der Waals surface area contributed by atoms with Crippen LogP contribution in [0.15, 0.2) is 0 Å². The highest BCUT2D eigenvalue weighted by Gasteiger charge is 2.45. The van der Waals surface area contributed by atoms with Gasteiger partial charge in [-0.15, -0.1) is 0 Å². The third-order valence-corrected chi connectivity index (χ3v) is 2.90. The zero-order valence-corrected chi connectivity index (χ0v) is 9.22. The van der Waals surface area contributed by atoms with Gasteiger partial charge in [-0.1, -0.05) is 6.92 Å². The molecule has 1 saturated heterocycles. The molecule has 0 spiro atoms. The Hall–Kier alpha value is -0.980. The number of aliphatic hydroxyl groups excluding tert-OH is 3. The van der Waals surface area contributed by atoms with Crippen molar-refractivity contribution in [1.29, 1.82) is 0 Å². The molecule has 2 amide bonds. The lowest BCUT2D eigenvalue weighted by Crippen LogP contribution is -2.63. The van der Waals surface area contributed by atoms with Gasteiger partial charge in [-0.25, -0.2) is 0 Å². The van der Waals surface area contributed by atoms with E-state index < -0.39 is 37.2 Å². The van der Waals surface area contributed by atoms with Gasteiger partial charge in [0.15, 0.2) is 0 Å². The Kier molecular flexibility index (Phi) is 4.01. The number of hydrogen-bond acceptors (Lipinski definition) is 5. The summed E-state index contributed by atoms with van der Waals surface area (Å²) in [6.45, 7) is -0.158. The Bertz CT molecular complexity index is 261. The molecular formula is C10H17NO5. The summed E-state index contributed by atoms with van der Waals surface area (Å²) in [6, 6.07) is 0. The quantitative estimate of drug-likeness (QED) is 0.511. The van der Waals surface area contributed by atoms with Gasteiger partial charge in [-0.3, -0.25) is 14.5 Å². The molecule has 1 fully saturated rings. The van der Waals surface area contributed by atoms with Crippen molar-refractivity contribution < 1.29 is 24.9 Å². The Morgan fingerprint density at radius 1 is 1.12 bits per heavy atom. The number of carbonyl (C=O) groups excluding carboxylic acids is 2. The summed E-state index contributed by atoms with van der Waals surface area (Å²) in [5.41, 5.74) is -1.58. The Balaban J connectivity index is 3.00. The number of carbonyl (C=O) groups is 2. The maximum atomic E-state index is 11.7. The molecule has 0 aromatic rings. The van der Waals surface area contributed by atoms with Gasteiger partial charge >= 0.3 is 0 Å². The largest absolute Gasteiger partial charge is 0.394 e. The molecule has 92 valence electrons. The van der Waals surface area contributed by atoms with Crippen LogP contribution in [0.2, 0.25) is 0 Å². The summed E-state index contributed by atoms with van der Waals surface area (Å²) >= 11 is 0. The summed E-state index contributed by atoms with van der Waals surface area (Å²) in [7, 11) is 0. The van der Waals surface area contributed by atoms with E-state index in [2.05, 4.69) is 0 Å². The lowest BCUT2D eigenvalue weighted by Gasteiger charge is -2.41. The van der Waals surface area contributed by atoms with Crippen LogP contribution in [-0.2, 0) is 9.59 Å². The van der Waals surface area contributed by atoms with Gasteiger partial charge in [-0.2, -0.15) is 0 Å². The molecule has 1 aliphatic heterocycles. The standard InChI is InChI=1S/C10H17NO5/c1-7-2-8(15)11(9(16)3-7)10(4-12,5-13)6-14/h7,12-14H,2-6H2,1H3. The fourth-order valence-electron chi connectivity index (χ4n) is 1.88. The SMILES string of the molecule is CC1CC(=O)N(C(CO)(CO)CO)C(=O)C1. The van der Waals surface area contributed by atoms with Crippen molar-refractivity contribution in [2.75, 3.05) is 19.8 Å². The van der Waals surface area contributed by atoms with E-state index in [0.29, 0.717) is 0 Å². The summed E-state index contributed by atoms with van der Waals surface area (Å²) in [4.78, 5) is 24.2. The molecule has 0 aliphatic carbocycles. The minimum Gasteiger partial charge on any atom is -0.394 e. The number of rotatable bonds is 4. The fraction of sp³-hybridized carbons (Fsp3) is 0.800. The van der Waals surface area contributed by atoms with Gasteiger partial charge < -0.3 is 15.3 Å². The predicted octanol–water partition coefficient (Wildman–Crippen LogP) is -1.51. The van der Waals surface area contributed by atoms with E-state index in [0.717, 1.165) is 4.90 Å². The molecule has 0 aromatic carbocycles. The van der Waals surface area contributed by atoms with Crippen molar-refractivity contribution in [3.63, 3.8) is 0 Å². The van der Waals surface area contributed by atoms with Crippen molar-refractivity contribution >= 4 is 11.8 Å². The van der Waals surface area contributed by atoms with Crippen molar-refractivity contribution in [1.82, 2.24) is 4.90 Å². The summed E-state index contributed by atoms with van der Waals surface area (Å²) in [5.74, 6) is -0.952. The van der Waals surface area contributed by atoms with Crippen LogP contribution >= 0.6 is 0 Å². The molecule has 1 rings (SSSR count). The van der Waals surface area contributed by atoms with Crippen LogP contribution in [0.1, 0.15) is 19.8 Å². The van der Waals surface area contributed by atoms with Crippen LogP contribution in [0.5, 0.6) is 0 Å². The van der Waals surface area contributed by atoms with Gasteiger partial charge in [0.2, 0.25) is 11.8 Å². The van der Waals surface area contributed by atoms with Gasteiger partial charge in [-0.05, 0) is 5.92 Å². The Morgan fingerprint density at radius 2 is 1.50 bits per heavy atom. The number of aliphatic hydroxyl groups is 3. The van der Waals surface area contributed by atoms with Gasteiger partial charge in [0.25, 0.3) is 0 Å². The molecule has 0 atom stereocenters. The second-order valence-corrected chi connectivity index (χ2v) is 4.33. The fourth-order valence-corrected chi connectivity index (χ4v) is 1.88. The maximum Gasteiger partial charge on any atom is 0.230 e. The van der Waals surface area contributed by atoms with E-state index in [9.17, 15) is 9.59 Å². The summed E-state index contributed by atoms with van der Waals surface area (Å²) in [5, 5.41) is 27.5. The Labute approximate surface area is 93.5 Å². The number of imide groups is 1. The lowest BCUT2D eigenvalue weighted by atomic mass is 9.91. The summed E-state index contributed by atoms with van der Waals surface area (Å²) in [6.07, 6.45) is 0.376. The third-order valence-electron chi connectivity index (χ3n) is 2.90. The number of hydrogen-bond donors (Lipinski definition) is 3. The molecule has 0 radical (unpaired) electrons. The first-order valence-electron chi connectivity index (χ1n) is 5.19. The molecule has 1 aliphatic rings. The van der Waals surface area contributed by atoms with Crippen molar-refractivity contribution in [2.45, 2.75) is 25.3 Å². The van der Waals surface area contributed by atoms with Gasteiger partial charge in [0.05, 0.1) is 19.8 Å². The van der Waals surface area contributed by atoms with Crippen LogP contribution in [0.25, 0.3) is 0 Å². The molecule has 3 N–H and O–H groups in total. The highest BCUT2D eigenvalue weighted by molar-refractivity contribution is 5.98. The number of amides is 2. The second-order valence-electron chi connectivity index (χ2n) is 4.33. The lowest BCUT2D eigenvalue weighted by molar-refractivity contribution is -0.165. The highest BCUT2D eigenvalue weighted by Crippen LogP contribution is 2.25. The minimum absolute atomic E-state index is 0.0370. The van der Waals surface area contributed by atoms with Crippen molar-refractivity contribution in [3.05, 3.63) is 0 Å². The van der Waals surface area contributed by atoms with E-state index in [-0.39, 0.29) is 18.8 Å². The van der Waals surface area contributed by atoms with E-state index in [1.807, 2.05) is 0 Å². The smallest absolute Gasteiger partial charge is 0.230 e. The molecule has 6 heteroatoms. The third kappa shape index (κ3) is 2.09. The van der Waals surface area contributed by atoms with Crippen LogP contribution in [-0.4, -0.2) is 57.4 Å². The van der Waals surface area contributed by atoms with Crippen LogP contribution in [0.3, 0.4) is 0 Å². The first-order valence-corrected chi connectivity index (χ1v) is 5.19. The normalized spacial score (nSPS) is 19.4. The van der Waals surface area contributed by atoms with Crippen LogP contribution in [0, 0.1) is 5.92 Å². The molecule has 6 nitrogen and oxygen atoms in total. The van der Waals surface area contributed by atoms with Crippen LogP contribution < -0.4 is 0 Å². The molecule has 0 saturated carbocycles. The van der Waals surface area contributed by atoms with Crippen LogP contribution in [0.4, 0.5) is 0 Å². The average Bonchev–Trinajstić information content (AvgIpc) is 2.23. The monoisotopic (exact) mass is 231 g/mol. The van der Waals surface area contributed by atoms with Gasteiger partial charge in [0, 0.05) is 12.8 Å². The second kappa shape index (κ2) is 4.90. The van der Waals surface area contributed by atoms with E-state index in [1.165, 1.54) is 0 Å². The molecule has 0 unspecified atom stereocenters.